The Hall–Kier alpha value is -3.90. The van der Waals surface area contributed by atoms with E-state index >= 15 is 0 Å². The minimum absolute atomic E-state index is 1.29. The van der Waals surface area contributed by atoms with Crippen molar-refractivity contribution in [1.29, 1.82) is 0 Å². The molecule has 0 aliphatic rings. The average molecular weight is 378 g/mol. The van der Waals surface area contributed by atoms with Crippen molar-refractivity contribution in [2.24, 2.45) is 0 Å². The van der Waals surface area contributed by atoms with Gasteiger partial charge in [0.15, 0.2) is 0 Å². The van der Waals surface area contributed by atoms with Gasteiger partial charge in [-0.2, -0.15) is 0 Å². The minimum Gasteiger partial charge on any atom is -0.0616 e. The minimum atomic E-state index is 1.29. The Morgan fingerprint density at radius 2 is 0.733 bits per heavy atom. The number of fused-ring (bicyclic) bond motifs is 8. The van der Waals surface area contributed by atoms with Crippen LogP contribution in [0.5, 0.6) is 0 Å². The van der Waals surface area contributed by atoms with Crippen molar-refractivity contribution in [3.05, 3.63) is 109 Å². The van der Waals surface area contributed by atoms with Gasteiger partial charge >= 0.3 is 0 Å². The van der Waals surface area contributed by atoms with Gasteiger partial charge in [0.1, 0.15) is 0 Å². The highest BCUT2D eigenvalue weighted by molar-refractivity contribution is 6.22. The van der Waals surface area contributed by atoms with Crippen molar-refractivity contribution < 1.29 is 0 Å². The van der Waals surface area contributed by atoms with Gasteiger partial charge in [0.05, 0.1) is 0 Å². The maximum Gasteiger partial charge on any atom is -0.00266 e. The SMILES string of the molecule is c1ccc2cc3cc4cc5c(ccc6ccc7ccccc7c65)cc4cc3cc2c1. The van der Waals surface area contributed by atoms with E-state index in [2.05, 4.69) is 109 Å². The van der Waals surface area contributed by atoms with Gasteiger partial charge in [-0.05, 0) is 101 Å². The van der Waals surface area contributed by atoms with E-state index < -0.39 is 0 Å². The highest BCUT2D eigenvalue weighted by atomic mass is 14.1. The molecule has 0 saturated carbocycles. The van der Waals surface area contributed by atoms with Crippen LogP contribution >= 0.6 is 0 Å². The molecular weight excluding hydrogens is 360 g/mol. The first-order valence-electron chi connectivity index (χ1n) is 10.4. The predicted octanol–water partition coefficient (Wildman–Crippen LogP) is 8.61. The van der Waals surface area contributed by atoms with E-state index in [1.807, 2.05) is 0 Å². The van der Waals surface area contributed by atoms with Gasteiger partial charge in [-0.1, -0.05) is 72.8 Å². The summed E-state index contributed by atoms with van der Waals surface area (Å²) in [6.07, 6.45) is 0. The van der Waals surface area contributed by atoms with Crippen LogP contribution in [-0.4, -0.2) is 0 Å². The van der Waals surface area contributed by atoms with E-state index in [0.717, 1.165) is 0 Å². The third-order valence-electron chi connectivity index (χ3n) is 6.50. The summed E-state index contributed by atoms with van der Waals surface area (Å²) in [7, 11) is 0. The molecule has 0 spiro atoms. The van der Waals surface area contributed by atoms with Crippen LogP contribution in [0.25, 0.3) is 64.6 Å². The molecular formula is C30H18. The van der Waals surface area contributed by atoms with E-state index in [0.29, 0.717) is 0 Å². The topological polar surface area (TPSA) is 0 Å². The Bertz CT molecular complexity index is 1790. The normalized spacial score (nSPS) is 12.0. The lowest BCUT2D eigenvalue weighted by Gasteiger charge is -2.11. The average Bonchev–Trinajstić information content (AvgIpc) is 2.79. The first kappa shape index (κ1) is 16.0. The largest absolute Gasteiger partial charge is 0.0616 e. The molecule has 0 aliphatic heterocycles. The quantitative estimate of drug-likeness (QED) is 0.183. The third kappa shape index (κ3) is 2.22. The molecule has 7 aromatic carbocycles. The van der Waals surface area contributed by atoms with Crippen molar-refractivity contribution in [2.75, 3.05) is 0 Å². The van der Waals surface area contributed by atoms with Crippen molar-refractivity contribution in [1.82, 2.24) is 0 Å². The number of hydrogen-bond acceptors (Lipinski definition) is 0. The van der Waals surface area contributed by atoms with Gasteiger partial charge in [0.2, 0.25) is 0 Å². The molecule has 0 unspecified atom stereocenters. The Morgan fingerprint density at radius 3 is 1.43 bits per heavy atom. The molecule has 0 saturated heterocycles. The van der Waals surface area contributed by atoms with Crippen molar-refractivity contribution in [3.63, 3.8) is 0 Å². The molecule has 0 bridgehead atoms. The zero-order valence-corrected chi connectivity index (χ0v) is 16.4. The fourth-order valence-electron chi connectivity index (χ4n) is 5.02. The van der Waals surface area contributed by atoms with Gasteiger partial charge in [-0.25, -0.2) is 0 Å². The zero-order valence-electron chi connectivity index (χ0n) is 16.4. The summed E-state index contributed by atoms with van der Waals surface area (Å²) in [4.78, 5) is 0. The van der Waals surface area contributed by atoms with Crippen molar-refractivity contribution in [2.45, 2.75) is 0 Å². The Morgan fingerprint density at radius 1 is 0.267 bits per heavy atom. The van der Waals surface area contributed by atoms with Crippen LogP contribution in [0.2, 0.25) is 0 Å². The second kappa shape index (κ2) is 5.81. The Labute approximate surface area is 174 Å². The van der Waals surface area contributed by atoms with Gasteiger partial charge in [0, 0.05) is 0 Å². The monoisotopic (exact) mass is 378 g/mol. The molecule has 7 aromatic rings. The summed E-state index contributed by atoms with van der Waals surface area (Å²) >= 11 is 0. The lowest BCUT2D eigenvalue weighted by molar-refractivity contribution is 1.78. The molecule has 0 heteroatoms. The van der Waals surface area contributed by atoms with E-state index in [-0.39, 0.29) is 0 Å². The van der Waals surface area contributed by atoms with Crippen LogP contribution in [0.1, 0.15) is 0 Å². The molecule has 0 atom stereocenters. The molecule has 0 aliphatic carbocycles. The second-order valence-corrected chi connectivity index (χ2v) is 8.27. The third-order valence-corrected chi connectivity index (χ3v) is 6.50. The molecule has 0 amide bonds. The summed E-state index contributed by atoms with van der Waals surface area (Å²) < 4.78 is 0. The molecule has 0 aromatic heterocycles. The molecule has 0 radical (unpaired) electrons. The Balaban J connectivity index is 1.64. The molecule has 7 rings (SSSR count). The van der Waals surface area contributed by atoms with Crippen LogP contribution in [0.15, 0.2) is 109 Å². The van der Waals surface area contributed by atoms with Crippen molar-refractivity contribution in [3.8, 4) is 0 Å². The number of benzene rings is 7. The van der Waals surface area contributed by atoms with Crippen molar-refractivity contribution >= 4 is 64.6 Å². The van der Waals surface area contributed by atoms with Gasteiger partial charge < -0.3 is 0 Å². The fraction of sp³-hybridized carbons (Fsp3) is 0. The van der Waals surface area contributed by atoms with Gasteiger partial charge in [-0.3, -0.25) is 0 Å². The predicted molar refractivity (Wildman–Crippen MR) is 131 cm³/mol. The molecule has 0 nitrogen and oxygen atoms in total. The molecule has 30 heavy (non-hydrogen) atoms. The maximum absolute atomic E-state index is 2.38. The molecule has 0 heterocycles. The van der Waals surface area contributed by atoms with E-state index in [4.69, 9.17) is 0 Å². The summed E-state index contributed by atoms with van der Waals surface area (Å²) in [6.45, 7) is 0. The smallest absolute Gasteiger partial charge is 0.00266 e. The van der Waals surface area contributed by atoms with Gasteiger partial charge in [0.25, 0.3) is 0 Å². The fourth-order valence-corrected chi connectivity index (χ4v) is 5.02. The van der Waals surface area contributed by atoms with E-state index in [1.165, 1.54) is 64.6 Å². The lowest BCUT2D eigenvalue weighted by atomic mass is 9.93. The first-order chi connectivity index (χ1) is 14.8. The summed E-state index contributed by atoms with van der Waals surface area (Å²) in [5.41, 5.74) is 0. The highest BCUT2D eigenvalue weighted by Gasteiger charge is 2.08. The van der Waals surface area contributed by atoms with Crippen LogP contribution in [0.4, 0.5) is 0 Å². The highest BCUT2D eigenvalue weighted by Crippen LogP contribution is 2.36. The van der Waals surface area contributed by atoms with E-state index in [9.17, 15) is 0 Å². The first-order valence-corrected chi connectivity index (χ1v) is 10.4. The number of rotatable bonds is 0. The van der Waals surface area contributed by atoms with Gasteiger partial charge in [-0.15, -0.1) is 0 Å². The second-order valence-electron chi connectivity index (χ2n) is 8.27. The summed E-state index contributed by atoms with van der Waals surface area (Å²) in [5, 5.41) is 15.7. The van der Waals surface area contributed by atoms with Crippen LogP contribution in [0, 0.1) is 0 Å². The summed E-state index contributed by atoms with van der Waals surface area (Å²) in [6, 6.07) is 40.3. The standard InChI is InChI=1S/C30H18/c1-2-7-22-14-25-17-27-18-29-23(15-26(27)16-24(25)13-21(22)6-1)12-11-20-10-9-19-5-3-4-8-28(19)30(20)29/h1-18H. The van der Waals surface area contributed by atoms with Crippen LogP contribution in [-0.2, 0) is 0 Å². The number of hydrogen-bond donors (Lipinski definition) is 0. The molecule has 0 fully saturated rings. The van der Waals surface area contributed by atoms with Crippen LogP contribution < -0.4 is 0 Å². The van der Waals surface area contributed by atoms with Crippen LogP contribution in [0.3, 0.4) is 0 Å². The lowest BCUT2D eigenvalue weighted by Crippen LogP contribution is -1.83. The molecule has 0 N–H and O–H groups in total. The summed E-state index contributed by atoms with van der Waals surface area (Å²) in [5.74, 6) is 0. The molecule has 138 valence electrons. The Kier molecular flexibility index (Phi) is 3.09. The van der Waals surface area contributed by atoms with E-state index in [1.54, 1.807) is 0 Å². The zero-order chi connectivity index (χ0) is 19.7. The maximum atomic E-state index is 2.38.